The van der Waals surface area contributed by atoms with Crippen LogP contribution < -0.4 is 10.1 Å². The van der Waals surface area contributed by atoms with Crippen molar-refractivity contribution in [2.24, 2.45) is 0 Å². The number of hydrogen-bond donors (Lipinski definition) is 1. The molecule has 1 aromatic carbocycles. The fourth-order valence-electron chi connectivity index (χ4n) is 3.12. The summed E-state index contributed by atoms with van der Waals surface area (Å²) in [5, 5.41) is 2.49. The number of nitrogens with one attached hydrogen (secondary N) is 1. The number of carbonyl (C=O) groups excluding carboxylic acids is 1. The van der Waals surface area contributed by atoms with Gasteiger partial charge in [-0.15, -0.1) is 0 Å². The van der Waals surface area contributed by atoms with Gasteiger partial charge < -0.3 is 10.1 Å². The predicted octanol–water partition coefficient (Wildman–Crippen LogP) is 2.77. The van der Waals surface area contributed by atoms with Gasteiger partial charge in [0.05, 0.1) is 0 Å². The van der Waals surface area contributed by atoms with E-state index in [1.54, 1.807) is 7.05 Å². The first-order chi connectivity index (χ1) is 7.79. The molecule has 1 fully saturated rings. The molecule has 16 heavy (non-hydrogen) atoms. The van der Waals surface area contributed by atoms with Crippen LogP contribution in [0.15, 0.2) is 18.2 Å². The molecule has 0 spiro atoms. The van der Waals surface area contributed by atoms with Crippen LogP contribution in [-0.4, -0.2) is 13.1 Å². The number of benzene rings is 1. The second-order valence-electron chi connectivity index (χ2n) is 4.61. The lowest BCUT2D eigenvalue weighted by Crippen LogP contribution is -2.22. The lowest BCUT2D eigenvalue weighted by molar-refractivity contribution is 0.202. The van der Waals surface area contributed by atoms with Crippen molar-refractivity contribution in [3.63, 3.8) is 0 Å². The molecule has 84 valence electrons. The third-order valence-electron chi connectivity index (χ3n) is 3.79. The summed E-state index contributed by atoms with van der Waals surface area (Å²) in [5.74, 6) is 2.07. The maximum absolute atomic E-state index is 11.3. The number of rotatable bonds is 1. The molecule has 2 aliphatic carbocycles. The van der Waals surface area contributed by atoms with E-state index in [9.17, 15) is 4.79 Å². The van der Waals surface area contributed by atoms with E-state index in [0.717, 1.165) is 5.75 Å². The van der Waals surface area contributed by atoms with Gasteiger partial charge in [-0.05, 0) is 42.7 Å². The molecule has 2 unspecified atom stereocenters. The van der Waals surface area contributed by atoms with Gasteiger partial charge in [0.1, 0.15) is 5.75 Å². The highest BCUT2D eigenvalue weighted by molar-refractivity contribution is 5.71. The molecule has 0 radical (unpaired) electrons. The molecule has 0 heterocycles. The van der Waals surface area contributed by atoms with Crippen LogP contribution in [0.3, 0.4) is 0 Å². The first-order valence-corrected chi connectivity index (χ1v) is 5.82. The normalized spacial score (nSPS) is 25.3. The quantitative estimate of drug-likeness (QED) is 0.785. The molecule has 3 heteroatoms. The summed E-state index contributed by atoms with van der Waals surface area (Å²) in [6.07, 6.45) is 3.40. The maximum atomic E-state index is 11.3. The summed E-state index contributed by atoms with van der Waals surface area (Å²) >= 11 is 0. The molecule has 0 aliphatic heterocycles. The fourth-order valence-corrected chi connectivity index (χ4v) is 3.12. The molecular formula is C13H15NO2. The summed E-state index contributed by atoms with van der Waals surface area (Å²) in [5.41, 5.74) is 2.68. The van der Waals surface area contributed by atoms with Gasteiger partial charge in [0.2, 0.25) is 0 Å². The topological polar surface area (TPSA) is 38.3 Å². The summed E-state index contributed by atoms with van der Waals surface area (Å²) in [4.78, 5) is 11.3. The van der Waals surface area contributed by atoms with Crippen LogP contribution in [0.5, 0.6) is 5.75 Å². The molecule has 3 rings (SSSR count). The van der Waals surface area contributed by atoms with Crippen molar-refractivity contribution in [3.8, 4) is 5.75 Å². The SMILES string of the molecule is CNC(=O)Oc1cccc2c1C1CCC2C1. The minimum Gasteiger partial charge on any atom is -0.410 e. The van der Waals surface area contributed by atoms with Crippen LogP contribution in [0.4, 0.5) is 4.79 Å². The molecule has 1 aromatic rings. The molecule has 2 bridgehead atoms. The average Bonchev–Trinajstić information content (AvgIpc) is 2.90. The lowest BCUT2D eigenvalue weighted by atomic mass is 9.91. The maximum Gasteiger partial charge on any atom is 0.412 e. The lowest BCUT2D eigenvalue weighted by Gasteiger charge is -2.18. The Morgan fingerprint density at radius 3 is 3.00 bits per heavy atom. The van der Waals surface area contributed by atoms with Crippen molar-refractivity contribution in [1.82, 2.24) is 5.32 Å². The largest absolute Gasteiger partial charge is 0.412 e. The van der Waals surface area contributed by atoms with Crippen LogP contribution in [0.2, 0.25) is 0 Å². The zero-order valence-corrected chi connectivity index (χ0v) is 9.32. The summed E-state index contributed by atoms with van der Waals surface area (Å²) in [6.45, 7) is 0. The monoisotopic (exact) mass is 217 g/mol. The van der Waals surface area contributed by atoms with Crippen molar-refractivity contribution in [2.45, 2.75) is 31.1 Å². The van der Waals surface area contributed by atoms with Crippen LogP contribution in [-0.2, 0) is 0 Å². The van der Waals surface area contributed by atoms with Crippen LogP contribution in [0.1, 0.15) is 42.2 Å². The van der Waals surface area contributed by atoms with Gasteiger partial charge in [-0.3, -0.25) is 0 Å². The second-order valence-corrected chi connectivity index (χ2v) is 4.61. The molecule has 2 aliphatic rings. The molecular weight excluding hydrogens is 202 g/mol. The van der Waals surface area contributed by atoms with Crippen molar-refractivity contribution in [3.05, 3.63) is 29.3 Å². The standard InChI is InChI=1S/C13H15NO2/c1-14-13(15)16-11-4-2-3-10-8-5-6-9(7-8)12(10)11/h2-4,8-9H,5-7H2,1H3,(H,14,15). The molecule has 1 saturated carbocycles. The molecule has 3 nitrogen and oxygen atoms in total. The predicted molar refractivity (Wildman–Crippen MR) is 60.9 cm³/mol. The van der Waals surface area contributed by atoms with Gasteiger partial charge in [-0.1, -0.05) is 12.1 Å². The Balaban J connectivity index is 1.99. The molecule has 0 saturated heterocycles. The van der Waals surface area contributed by atoms with Gasteiger partial charge in [-0.2, -0.15) is 0 Å². The average molecular weight is 217 g/mol. The number of carbonyl (C=O) groups is 1. The van der Waals surface area contributed by atoms with Gasteiger partial charge >= 0.3 is 6.09 Å². The van der Waals surface area contributed by atoms with Crippen LogP contribution in [0.25, 0.3) is 0 Å². The highest BCUT2D eigenvalue weighted by Gasteiger charge is 2.38. The van der Waals surface area contributed by atoms with E-state index in [0.29, 0.717) is 11.8 Å². The Morgan fingerprint density at radius 2 is 2.19 bits per heavy atom. The van der Waals surface area contributed by atoms with Crippen molar-refractivity contribution in [2.75, 3.05) is 7.05 Å². The number of amides is 1. The van der Waals surface area contributed by atoms with E-state index in [2.05, 4.69) is 11.4 Å². The number of ether oxygens (including phenoxy) is 1. The van der Waals surface area contributed by atoms with E-state index >= 15 is 0 Å². The third kappa shape index (κ3) is 1.31. The molecule has 1 amide bonds. The second kappa shape index (κ2) is 3.51. The van der Waals surface area contributed by atoms with E-state index in [1.165, 1.54) is 30.4 Å². The zero-order valence-electron chi connectivity index (χ0n) is 9.32. The Bertz CT molecular complexity index is 442. The van der Waals surface area contributed by atoms with Crippen LogP contribution >= 0.6 is 0 Å². The minimum absolute atomic E-state index is 0.379. The van der Waals surface area contributed by atoms with E-state index in [-0.39, 0.29) is 6.09 Å². The summed E-state index contributed by atoms with van der Waals surface area (Å²) < 4.78 is 5.31. The van der Waals surface area contributed by atoms with Crippen LogP contribution in [0, 0.1) is 0 Å². The smallest absolute Gasteiger partial charge is 0.410 e. The minimum atomic E-state index is -0.379. The Hall–Kier alpha value is -1.51. The Labute approximate surface area is 94.8 Å². The highest BCUT2D eigenvalue weighted by atomic mass is 16.6. The van der Waals surface area contributed by atoms with Crippen molar-refractivity contribution < 1.29 is 9.53 Å². The van der Waals surface area contributed by atoms with Gasteiger partial charge in [0, 0.05) is 12.6 Å². The van der Waals surface area contributed by atoms with Gasteiger partial charge in [-0.25, -0.2) is 4.79 Å². The summed E-state index contributed by atoms with van der Waals surface area (Å²) in [7, 11) is 1.58. The van der Waals surface area contributed by atoms with Crippen molar-refractivity contribution in [1.29, 1.82) is 0 Å². The number of fused-ring (bicyclic) bond motifs is 5. The zero-order chi connectivity index (χ0) is 11.1. The van der Waals surface area contributed by atoms with Gasteiger partial charge in [0.25, 0.3) is 0 Å². The van der Waals surface area contributed by atoms with Gasteiger partial charge in [0.15, 0.2) is 0 Å². The van der Waals surface area contributed by atoms with Crippen molar-refractivity contribution >= 4 is 6.09 Å². The fraction of sp³-hybridized carbons (Fsp3) is 0.462. The molecule has 0 aromatic heterocycles. The summed E-state index contributed by atoms with van der Waals surface area (Å²) in [6, 6.07) is 6.06. The van der Waals surface area contributed by atoms with E-state index in [4.69, 9.17) is 4.74 Å². The Kier molecular flexibility index (Phi) is 2.13. The molecule has 2 atom stereocenters. The first kappa shape index (κ1) is 9.70. The van der Waals surface area contributed by atoms with E-state index in [1.807, 2.05) is 12.1 Å². The molecule has 1 N–H and O–H groups in total. The third-order valence-corrected chi connectivity index (χ3v) is 3.79. The van der Waals surface area contributed by atoms with E-state index < -0.39 is 0 Å². The number of hydrogen-bond acceptors (Lipinski definition) is 2. The first-order valence-electron chi connectivity index (χ1n) is 5.82. The Morgan fingerprint density at radius 1 is 1.38 bits per heavy atom. The highest BCUT2D eigenvalue weighted by Crippen LogP contribution is 2.55.